The van der Waals surface area contributed by atoms with Crippen molar-refractivity contribution >= 4 is 23.3 Å². The second kappa shape index (κ2) is 6.58. The Morgan fingerprint density at radius 3 is 2.95 bits per heavy atom. The first-order valence-corrected chi connectivity index (χ1v) is 8.46. The summed E-state index contributed by atoms with van der Waals surface area (Å²) in [6.45, 7) is 1.97. The molecule has 1 aliphatic carbocycles. The van der Waals surface area contributed by atoms with Crippen molar-refractivity contribution in [3.8, 4) is 0 Å². The molecule has 2 N–H and O–H groups in total. The number of nitrogens with zero attached hydrogens (tertiary/aromatic N) is 1. The molecule has 3 amide bonds. The number of urea groups is 1. The zero-order valence-electron chi connectivity index (χ0n) is 12.1. The zero-order chi connectivity index (χ0) is 14.7. The largest absolute Gasteiger partial charge is 0.335 e. The topological polar surface area (TPSA) is 61.4 Å². The molecule has 3 rings (SSSR count). The van der Waals surface area contributed by atoms with Gasteiger partial charge in [0.05, 0.1) is 6.54 Å². The van der Waals surface area contributed by atoms with Crippen molar-refractivity contribution in [1.29, 1.82) is 0 Å². The van der Waals surface area contributed by atoms with Crippen molar-refractivity contribution < 1.29 is 9.59 Å². The Balaban J connectivity index is 1.43. The molecular formula is C15H21N3O2S. The van der Waals surface area contributed by atoms with Crippen molar-refractivity contribution in [3.05, 3.63) is 21.9 Å². The van der Waals surface area contributed by atoms with Gasteiger partial charge in [0.25, 0.3) is 0 Å². The molecule has 1 aromatic heterocycles. The Hall–Kier alpha value is -1.40. The Kier molecular flexibility index (Phi) is 4.55. The molecule has 0 aromatic carbocycles. The maximum atomic E-state index is 11.9. The average Bonchev–Trinajstić information content (AvgIpc) is 3.08. The molecule has 0 radical (unpaired) electrons. The second-order valence-corrected chi connectivity index (χ2v) is 6.83. The molecule has 21 heavy (non-hydrogen) atoms. The van der Waals surface area contributed by atoms with E-state index in [4.69, 9.17) is 0 Å². The lowest BCUT2D eigenvalue weighted by Crippen LogP contribution is -2.47. The average molecular weight is 307 g/mol. The first-order valence-electron chi connectivity index (χ1n) is 7.58. The number of hydrogen-bond acceptors (Lipinski definition) is 4. The summed E-state index contributed by atoms with van der Waals surface area (Å²) in [5.41, 5.74) is 1.31. The van der Waals surface area contributed by atoms with Gasteiger partial charge in [-0.1, -0.05) is 12.8 Å². The van der Waals surface area contributed by atoms with E-state index < -0.39 is 0 Å². The van der Waals surface area contributed by atoms with Crippen molar-refractivity contribution in [3.63, 3.8) is 0 Å². The number of thiophene rings is 1. The van der Waals surface area contributed by atoms with Crippen LogP contribution in [0.15, 0.2) is 11.4 Å². The van der Waals surface area contributed by atoms with Gasteiger partial charge in [0.1, 0.15) is 0 Å². The molecule has 1 saturated carbocycles. The molecule has 5 nitrogen and oxygen atoms in total. The van der Waals surface area contributed by atoms with E-state index in [1.807, 2.05) is 0 Å². The normalized spacial score (nSPS) is 19.2. The highest BCUT2D eigenvalue weighted by molar-refractivity contribution is 7.10. The minimum absolute atomic E-state index is 0.218. The van der Waals surface area contributed by atoms with Crippen LogP contribution < -0.4 is 10.6 Å². The molecule has 0 atom stereocenters. The molecule has 0 bridgehead atoms. The van der Waals surface area contributed by atoms with Crippen LogP contribution in [0.5, 0.6) is 0 Å². The number of nitrogens with one attached hydrogen (secondary N) is 2. The van der Waals surface area contributed by atoms with Crippen LogP contribution in [0.25, 0.3) is 0 Å². The summed E-state index contributed by atoms with van der Waals surface area (Å²) in [6, 6.07) is 2.01. The van der Waals surface area contributed by atoms with Gasteiger partial charge in [-0.2, -0.15) is 0 Å². The highest BCUT2D eigenvalue weighted by atomic mass is 32.1. The van der Waals surface area contributed by atoms with Crippen molar-refractivity contribution in [2.45, 2.75) is 44.7 Å². The van der Waals surface area contributed by atoms with Crippen LogP contribution in [0.2, 0.25) is 0 Å². The number of fused-ring (bicyclic) bond motifs is 1. The van der Waals surface area contributed by atoms with E-state index in [1.54, 1.807) is 11.3 Å². The molecule has 1 aliphatic heterocycles. The highest BCUT2D eigenvalue weighted by Crippen LogP contribution is 2.23. The van der Waals surface area contributed by atoms with E-state index >= 15 is 0 Å². The van der Waals surface area contributed by atoms with Gasteiger partial charge in [0.2, 0.25) is 5.91 Å². The van der Waals surface area contributed by atoms with Gasteiger partial charge in [-0.15, -0.1) is 11.3 Å². The van der Waals surface area contributed by atoms with E-state index in [1.165, 1.54) is 10.4 Å². The molecule has 0 spiro atoms. The lowest BCUT2D eigenvalue weighted by Gasteiger charge is -2.26. The van der Waals surface area contributed by atoms with E-state index in [0.717, 1.165) is 45.2 Å². The van der Waals surface area contributed by atoms with Crippen LogP contribution >= 0.6 is 11.3 Å². The van der Waals surface area contributed by atoms with Gasteiger partial charge in [0, 0.05) is 24.0 Å². The van der Waals surface area contributed by atoms with E-state index in [-0.39, 0.29) is 24.5 Å². The standard InChI is InChI=1S/C15H21N3O2S/c19-14(17-15(20)16-12-3-1-2-4-12)10-18-7-5-13-11(9-18)6-8-21-13/h6,8,12H,1-5,7,9-10H2,(H2,16,17,19,20). The summed E-state index contributed by atoms with van der Waals surface area (Å²) in [5.74, 6) is -0.218. The Labute approximate surface area is 128 Å². The Bertz CT molecular complexity index is 523. The summed E-state index contributed by atoms with van der Waals surface area (Å²) in [4.78, 5) is 27.2. The van der Waals surface area contributed by atoms with Crippen molar-refractivity contribution in [2.75, 3.05) is 13.1 Å². The number of rotatable bonds is 3. The minimum atomic E-state index is -0.347. The first-order chi connectivity index (χ1) is 10.2. The molecule has 0 saturated heterocycles. The molecule has 2 heterocycles. The van der Waals surface area contributed by atoms with Gasteiger partial charge in [0.15, 0.2) is 0 Å². The lowest BCUT2D eigenvalue weighted by molar-refractivity contribution is -0.121. The number of carbonyl (C=O) groups excluding carboxylic acids is 2. The number of hydrogen-bond donors (Lipinski definition) is 2. The summed E-state index contributed by atoms with van der Waals surface area (Å²) >= 11 is 1.78. The van der Waals surface area contributed by atoms with Crippen molar-refractivity contribution in [1.82, 2.24) is 15.5 Å². The summed E-state index contributed by atoms with van der Waals surface area (Å²) < 4.78 is 0. The van der Waals surface area contributed by atoms with Crippen LogP contribution in [0.1, 0.15) is 36.1 Å². The summed E-state index contributed by atoms with van der Waals surface area (Å²) in [7, 11) is 0. The molecule has 1 fully saturated rings. The highest BCUT2D eigenvalue weighted by Gasteiger charge is 2.21. The van der Waals surface area contributed by atoms with E-state index in [2.05, 4.69) is 27.0 Å². The van der Waals surface area contributed by atoms with Gasteiger partial charge in [-0.3, -0.25) is 15.0 Å². The molecule has 1 aromatic rings. The van der Waals surface area contributed by atoms with Gasteiger partial charge in [-0.05, 0) is 36.3 Å². The molecule has 6 heteroatoms. The van der Waals surface area contributed by atoms with Crippen LogP contribution in [0.4, 0.5) is 4.79 Å². The maximum absolute atomic E-state index is 11.9. The van der Waals surface area contributed by atoms with Crippen LogP contribution in [0.3, 0.4) is 0 Å². The van der Waals surface area contributed by atoms with E-state index in [9.17, 15) is 9.59 Å². The first kappa shape index (κ1) is 14.5. The summed E-state index contributed by atoms with van der Waals surface area (Å²) in [6.07, 6.45) is 5.36. The Morgan fingerprint density at radius 1 is 1.33 bits per heavy atom. The van der Waals surface area contributed by atoms with E-state index in [0.29, 0.717) is 0 Å². The van der Waals surface area contributed by atoms with Gasteiger partial charge in [-0.25, -0.2) is 4.79 Å². The van der Waals surface area contributed by atoms with Crippen LogP contribution in [-0.2, 0) is 17.8 Å². The monoisotopic (exact) mass is 307 g/mol. The lowest BCUT2D eigenvalue weighted by atomic mass is 10.1. The number of carbonyl (C=O) groups is 2. The molecular weight excluding hydrogens is 286 g/mol. The zero-order valence-corrected chi connectivity index (χ0v) is 12.9. The molecule has 0 unspecified atom stereocenters. The predicted octanol–water partition coefficient (Wildman–Crippen LogP) is 1.87. The maximum Gasteiger partial charge on any atom is 0.321 e. The quantitative estimate of drug-likeness (QED) is 0.896. The molecule has 114 valence electrons. The smallest absolute Gasteiger partial charge is 0.321 e. The van der Waals surface area contributed by atoms with Gasteiger partial charge >= 0.3 is 6.03 Å². The number of amides is 3. The second-order valence-electron chi connectivity index (χ2n) is 5.83. The fourth-order valence-electron chi connectivity index (χ4n) is 3.10. The fourth-order valence-corrected chi connectivity index (χ4v) is 3.99. The number of imide groups is 1. The van der Waals surface area contributed by atoms with Crippen LogP contribution in [0, 0.1) is 0 Å². The third-order valence-electron chi connectivity index (χ3n) is 4.20. The molecule has 2 aliphatic rings. The Morgan fingerprint density at radius 2 is 2.14 bits per heavy atom. The predicted molar refractivity (Wildman–Crippen MR) is 82.2 cm³/mol. The minimum Gasteiger partial charge on any atom is -0.335 e. The summed E-state index contributed by atoms with van der Waals surface area (Å²) in [5, 5.41) is 7.42. The third-order valence-corrected chi connectivity index (χ3v) is 5.22. The fraction of sp³-hybridized carbons (Fsp3) is 0.600. The van der Waals surface area contributed by atoms with Crippen molar-refractivity contribution in [2.24, 2.45) is 0 Å². The van der Waals surface area contributed by atoms with Gasteiger partial charge < -0.3 is 5.32 Å². The third kappa shape index (κ3) is 3.83. The SMILES string of the molecule is O=C(CN1CCc2sccc2C1)NC(=O)NC1CCCC1. The van der Waals surface area contributed by atoms with Crippen LogP contribution in [-0.4, -0.2) is 36.0 Å².